The summed E-state index contributed by atoms with van der Waals surface area (Å²) in [5.74, 6) is -22.5. The maximum atomic E-state index is 13.3. The number of alkyl halides is 12. The molecule has 1 saturated heterocycles. The van der Waals surface area contributed by atoms with Gasteiger partial charge in [-0.25, -0.2) is 4.39 Å². The summed E-state index contributed by atoms with van der Waals surface area (Å²) >= 11 is 3.48. The second kappa shape index (κ2) is 4.28. The molecule has 3 nitrogen and oxygen atoms in total. The molecule has 1 heterocycles. The molecule has 132 valence electrons. The Bertz CT molecular complexity index is 581. The van der Waals surface area contributed by atoms with Crippen LogP contribution in [0.5, 0.6) is 0 Å². The summed E-state index contributed by atoms with van der Waals surface area (Å²) < 4.78 is 163. The Morgan fingerprint density at radius 1 is 0.818 bits per heavy atom. The molecule has 0 N–H and O–H groups in total. The molecule has 0 spiro atoms. The van der Waals surface area contributed by atoms with E-state index < -0.39 is 44.4 Å². The van der Waals surface area contributed by atoms with Crippen LogP contribution < -0.4 is 0 Å². The van der Waals surface area contributed by atoms with Crippen LogP contribution in [0.15, 0.2) is 0 Å². The summed E-state index contributed by atoms with van der Waals surface area (Å²) in [6.45, 7) is 0. The number of hydrogen-bond acceptors (Lipinski definition) is 3. The van der Waals surface area contributed by atoms with Crippen LogP contribution in [0.3, 0.4) is 0 Å². The Morgan fingerprint density at radius 3 is 1.41 bits per heavy atom. The highest BCUT2D eigenvalue weighted by atomic mass is 35.5. The van der Waals surface area contributed by atoms with Crippen LogP contribution in [0.1, 0.15) is 0 Å². The SMILES string of the molecule is O=S1(=O)OC(F)(F)[C@]1(F)C(F)(F)C(F)(F)C(F)(F)C(F)(F)Cl. The summed E-state index contributed by atoms with van der Waals surface area (Å²) in [4.78, 5) is 0. The fourth-order valence-corrected chi connectivity index (χ4v) is 2.56. The molecule has 1 atom stereocenters. The third-order valence-corrected chi connectivity index (χ3v) is 4.33. The van der Waals surface area contributed by atoms with Gasteiger partial charge in [-0.1, -0.05) is 0 Å². The van der Waals surface area contributed by atoms with E-state index in [9.17, 15) is 56.7 Å². The van der Waals surface area contributed by atoms with Crippen LogP contribution in [-0.4, -0.2) is 42.7 Å². The molecule has 1 rings (SSSR count). The molecule has 0 aromatic rings. The van der Waals surface area contributed by atoms with Crippen LogP contribution in [0.4, 0.5) is 48.3 Å². The lowest BCUT2D eigenvalue weighted by Crippen LogP contribution is -2.79. The monoisotopic (exact) mass is 396 g/mol. The van der Waals surface area contributed by atoms with Gasteiger partial charge in [0.05, 0.1) is 0 Å². The van der Waals surface area contributed by atoms with Crippen LogP contribution in [-0.2, 0) is 14.3 Å². The van der Waals surface area contributed by atoms with Crippen molar-refractivity contribution in [2.45, 2.75) is 34.3 Å². The minimum Gasteiger partial charge on any atom is -0.206 e. The second-order valence-corrected chi connectivity index (χ2v) is 5.98. The van der Waals surface area contributed by atoms with E-state index in [2.05, 4.69) is 15.8 Å². The topological polar surface area (TPSA) is 43.4 Å². The van der Waals surface area contributed by atoms with Gasteiger partial charge in [-0.15, -0.1) is 0 Å². The van der Waals surface area contributed by atoms with E-state index in [0.29, 0.717) is 0 Å². The van der Waals surface area contributed by atoms with Crippen molar-refractivity contribution in [1.82, 2.24) is 0 Å². The zero-order valence-corrected chi connectivity index (χ0v) is 10.7. The number of halogens is 12. The fraction of sp³-hybridized carbons (Fsp3) is 1.00. The van der Waals surface area contributed by atoms with Gasteiger partial charge < -0.3 is 0 Å². The van der Waals surface area contributed by atoms with E-state index in [1.54, 1.807) is 0 Å². The Hall–Kier alpha value is -0.570. The predicted molar refractivity (Wildman–Crippen MR) is 44.4 cm³/mol. The number of hydrogen-bond donors (Lipinski definition) is 0. The van der Waals surface area contributed by atoms with E-state index in [-0.39, 0.29) is 0 Å². The molecule has 0 radical (unpaired) electrons. The van der Waals surface area contributed by atoms with Crippen LogP contribution in [0, 0.1) is 0 Å². The summed E-state index contributed by atoms with van der Waals surface area (Å²) in [5.41, 5.74) is 0. The van der Waals surface area contributed by atoms with Gasteiger partial charge in [0.25, 0.3) is 0 Å². The zero-order valence-electron chi connectivity index (χ0n) is 9.17. The maximum absolute atomic E-state index is 13.3. The molecule has 0 bridgehead atoms. The normalized spacial score (nSPS) is 29.1. The number of rotatable bonds is 4. The van der Waals surface area contributed by atoms with Gasteiger partial charge in [0.1, 0.15) is 0 Å². The molecule has 0 amide bonds. The van der Waals surface area contributed by atoms with Crippen LogP contribution in [0.2, 0.25) is 0 Å². The van der Waals surface area contributed by atoms with Crippen LogP contribution in [0.25, 0.3) is 0 Å². The summed E-state index contributed by atoms with van der Waals surface area (Å²) in [5, 5.41) is -13.2. The molecule has 16 heteroatoms. The largest absolute Gasteiger partial charge is 0.427 e. The maximum Gasteiger partial charge on any atom is 0.427 e. The lowest BCUT2D eigenvalue weighted by Gasteiger charge is -2.46. The molecule has 0 aliphatic carbocycles. The van der Waals surface area contributed by atoms with Gasteiger partial charge in [-0.3, -0.25) is 0 Å². The molecule has 0 aromatic heterocycles. The Kier molecular flexibility index (Phi) is 3.79. The van der Waals surface area contributed by atoms with Crippen molar-refractivity contribution in [3.63, 3.8) is 0 Å². The third kappa shape index (κ3) is 1.87. The van der Waals surface area contributed by atoms with Gasteiger partial charge in [-0.2, -0.15) is 56.5 Å². The van der Waals surface area contributed by atoms with E-state index >= 15 is 0 Å². The summed E-state index contributed by atoms with van der Waals surface area (Å²) in [7, 11) is -6.84. The van der Waals surface area contributed by atoms with Crippen molar-refractivity contribution < 1.29 is 60.9 Å². The average molecular weight is 397 g/mol. The van der Waals surface area contributed by atoms with Gasteiger partial charge in [-0.05, 0) is 11.6 Å². The highest BCUT2D eigenvalue weighted by Crippen LogP contribution is 2.65. The van der Waals surface area contributed by atoms with Gasteiger partial charge in [0.2, 0.25) is 0 Å². The Balaban J connectivity index is 3.60. The second-order valence-electron chi connectivity index (χ2n) is 3.87. The lowest BCUT2D eigenvalue weighted by molar-refractivity contribution is -0.410. The van der Waals surface area contributed by atoms with Gasteiger partial charge in [0.15, 0.2) is 0 Å². The van der Waals surface area contributed by atoms with Crippen LogP contribution >= 0.6 is 11.6 Å². The average Bonchev–Trinajstić information content (AvgIpc) is 2.23. The molecule has 0 saturated carbocycles. The van der Waals surface area contributed by atoms with Gasteiger partial charge >= 0.3 is 44.4 Å². The molecule has 22 heavy (non-hydrogen) atoms. The van der Waals surface area contributed by atoms with Gasteiger partial charge in [0, 0.05) is 0 Å². The van der Waals surface area contributed by atoms with Crippen molar-refractivity contribution in [2.75, 3.05) is 0 Å². The molecular weight excluding hydrogens is 397 g/mol. The third-order valence-electron chi connectivity index (χ3n) is 2.48. The van der Waals surface area contributed by atoms with E-state index in [0.717, 1.165) is 0 Å². The molecular formula is C6ClF11O3S. The highest BCUT2D eigenvalue weighted by molar-refractivity contribution is 7.89. The van der Waals surface area contributed by atoms with E-state index in [1.807, 2.05) is 0 Å². The Morgan fingerprint density at radius 2 is 1.18 bits per heavy atom. The smallest absolute Gasteiger partial charge is 0.206 e. The van der Waals surface area contributed by atoms with E-state index in [1.165, 1.54) is 0 Å². The molecule has 1 fully saturated rings. The minimum atomic E-state index is -7.64. The van der Waals surface area contributed by atoms with Crippen molar-refractivity contribution in [2.24, 2.45) is 0 Å². The van der Waals surface area contributed by atoms with Crippen molar-refractivity contribution >= 4 is 21.7 Å². The quantitative estimate of drug-likeness (QED) is 0.416. The molecule has 1 aliphatic rings. The van der Waals surface area contributed by atoms with E-state index in [4.69, 9.17) is 0 Å². The van der Waals surface area contributed by atoms with Crippen molar-refractivity contribution in [3.05, 3.63) is 0 Å². The minimum absolute atomic E-state index is 2.29. The van der Waals surface area contributed by atoms with Crippen molar-refractivity contribution in [1.29, 1.82) is 0 Å². The summed E-state index contributed by atoms with van der Waals surface area (Å²) in [6, 6.07) is 0. The first-order chi connectivity index (χ1) is 9.21. The molecule has 1 aliphatic heterocycles. The summed E-state index contributed by atoms with van der Waals surface area (Å²) in [6.07, 6.45) is -6.21. The lowest BCUT2D eigenvalue weighted by atomic mass is 9.99. The molecule has 0 aromatic carbocycles. The standard InChI is InChI=1S/C6ClF11O3S/c7-5(15,16)3(12,13)1(8,9)2(10,11)4(14)6(17,18)21-22(4,19)20/t4-/m0/s1. The first-order valence-electron chi connectivity index (χ1n) is 4.43. The highest BCUT2D eigenvalue weighted by Gasteiger charge is 2.98. The predicted octanol–water partition coefficient (Wildman–Crippen LogP) is 3.34. The first kappa shape index (κ1) is 19.5. The molecule has 0 unspecified atom stereocenters. The zero-order chi connectivity index (χ0) is 18.2. The van der Waals surface area contributed by atoms with Crippen molar-refractivity contribution in [3.8, 4) is 0 Å². The first-order valence-corrected chi connectivity index (χ1v) is 6.21. The fourth-order valence-electron chi connectivity index (χ4n) is 1.28. The Labute approximate surface area is 118 Å².